The van der Waals surface area contributed by atoms with Crippen molar-refractivity contribution in [3.05, 3.63) is 34.9 Å². The number of methoxy groups -OCH3 is 1. The van der Waals surface area contributed by atoms with Crippen molar-refractivity contribution >= 4 is 11.8 Å². The predicted octanol–water partition coefficient (Wildman–Crippen LogP) is 0.0852. The molecule has 2 aliphatic carbocycles. The quantitative estimate of drug-likeness (QED) is 0.373. The summed E-state index contributed by atoms with van der Waals surface area (Å²) in [7, 11) is 1.49. The number of aliphatic hydroxyl groups excluding tert-OH is 3. The van der Waals surface area contributed by atoms with E-state index in [0.29, 0.717) is 60.3 Å². The maximum absolute atomic E-state index is 13.6. The first-order chi connectivity index (χ1) is 17.5. The van der Waals surface area contributed by atoms with Crippen LogP contribution in [0.5, 0.6) is 11.5 Å². The monoisotopic (exact) mass is 502 g/mol. The van der Waals surface area contributed by atoms with Gasteiger partial charge in [-0.2, -0.15) is 0 Å². The zero-order valence-corrected chi connectivity index (χ0v) is 20.4. The van der Waals surface area contributed by atoms with Gasteiger partial charge in [-0.25, -0.2) is 0 Å². The van der Waals surface area contributed by atoms with Crippen molar-refractivity contribution in [2.24, 2.45) is 11.8 Å². The Labute approximate surface area is 209 Å². The van der Waals surface area contributed by atoms with E-state index in [-0.39, 0.29) is 31.6 Å². The van der Waals surface area contributed by atoms with Gasteiger partial charge in [0.15, 0.2) is 11.5 Å². The van der Waals surface area contributed by atoms with E-state index in [1.807, 2.05) is 0 Å². The molecule has 2 fully saturated rings. The van der Waals surface area contributed by atoms with Gasteiger partial charge < -0.3 is 39.7 Å². The summed E-state index contributed by atoms with van der Waals surface area (Å²) in [5, 5.41) is 33.4. The first-order valence-corrected chi connectivity index (χ1v) is 12.6. The number of aliphatic hydroxyl groups is 3. The van der Waals surface area contributed by atoms with Gasteiger partial charge in [0, 0.05) is 30.8 Å². The van der Waals surface area contributed by atoms with Crippen LogP contribution in [0, 0.1) is 11.8 Å². The molecule has 4 aliphatic rings. The summed E-state index contributed by atoms with van der Waals surface area (Å²) < 4.78 is 17.2. The largest absolute Gasteiger partial charge is 0.493 e. The average Bonchev–Trinajstić information content (AvgIpc) is 3.38. The summed E-state index contributed by atoms with van der Waals surface area (Å²) in [6.07, 6.45) is 2.44. The summed E-state index contributed by atoms with van der Waals surface area (Å²) in [5.74, 6) is -0.197. The lowest BCUT2D eigenvalue weighted by Gasteiger charge is -2.41. The average molecular weight is 503 g/mol. The number of nitrogens with zero attached hydrogens (tertiary/aromatic N) is 1. The Morgan fingerprint density at radius 1 is 1.22 bits per heavy atom. The summed E-state index contributed by atoms with van der Waals surface area (Å²) >= 11 is 0. The molecule has 1 saturated heterocycles. The highest BCUT2D eigenvalue weighted by Crippen LogP contribution is 2.51. The van der Waals surface area contributed by atoms with Crippen LogP contribution in [-0.2, 0) is 20.9 Å². The van der Waals surface area contributed by atoms with Crippen molar-refractivity contribution in [3.8, 4) is 11.5 Å². The van der Waals surface area contributed by atoms with E-state index in [2.05, 4.69) is 5.32 Å². The molecule has 10 nitrogen and oxygen atoms in total. The van der Waals surface area contributed by atoms with Gasteiger partial charge >= 0.3 is 0 Å². The molecule has 5 atom stereocenters. The molecule has 10 heteroatoms. The van der Waals surface area contributed by atoms with Crippen molar-refractivity contribution in [3.63, 3.8) is 0 Å². The molecular formula is C26H34N2O8. The highest BCUT2D eigenvalue weighted by atomic mass is 16.5. The number of rotatable bonds is 9. The fourth-order valence-corrected chi connectivity index (χ4v) is 5.52. The number of carbonyl (C=O) groups excluding carboxylic acids is 2. The Bertz CT molecular complexity index is 1030. The van der Waals surface area contributed by atoms with E-state index in [1.165, 1.54) is 7.11 Å². The van der Waals surface area contributed by atoms with Crippen LogP contribution in [0.1, 0.15) is 36.3 Å². The van der Waals surface area contributed by atoms with Crippen molar-refractivity contribution in [2.45, 2.75) is 50.0 Å². The van der Waals surface area contributed by atoms with E-state index >= 15 is 0 Å². The first-order valence-electron chi connectivity index (χ1n) is 12.6. The number of fused-ring (bicyclic) bond motifs is 3. The number of hydrogen-bond donors (Lipinski definition) is 4. The molecule has 196 valence electrons. The molecule has 36 heavy (non-hydrogen) atoms. The summed E-state index contributed by atoms with van der Waals surface area (Å²) in [4.78, 5) is 28.6. The second kappa shape index (κ2) is 10.4. The number of benzene rings is 1. The van der Waals surface area contributed by atoms with Gasteiger partial charge in [0.1, 0.15) is 12.2 Å². The molecular weight excluding hydrogens is 468 g/mol. The lowest BCUT2D eigenvalue weighted by atomic mass is 9.77. The highest BCUT2D eigenvalue weighted by molar-refractivity contribution is 5.96. The van der Waals surface area contributed by atoms with Crippen LogP contribution in [-0.4, -0.2) is 90.3 Å². The number of carbonyl (C=O) groups is 2. The number of amides is 2. The molecule has 1 aromatic carbocycles. The fraction of sp³-hybridized carbons (Fsp3) is 0.615. The van der Waals surface area contributed by atoms with E-state index in [0.717, 1.165) is 12.8 Å². The Morgan fingerprint density at radius 3 is 2.67 bits per heavy atom. The van der Waals surface area contributed by atoms with Crippen LogP contribution < -0.4 is 14.8 Å². The Kier molecular flexibility index (Phi) is 7.21. The first kappa shape index (κ1) is 25.0. The standard InChI is InChI=1S/C26H34N2O8/c1-34-20-9-15(12-30)8-17-21-18(25(32)27-5-6-29)10-19(22(31)24(21)36-23(17)20)28(11-14-2-3-14)26(33)16-4-7-35-13-16/h8-10,14,16,19,21-22,24,29-31H,2-7,11-13H2,1H3,(H,27,32)/t16?,19-,21+,22+,24+/m1/s1. The predicted molar refractivity (Wildman–Crippen MR) is 127 cm³/mol. The summed E-state index contributed by atoms with van der Waals surface area (Å²) in [6.45, 7) is 1.00. The van der Waals surface area contributed by atoms with E-state index in [9.17, 15) is 24.9 Å². The van der Waals surface area contributed by atoms with Gasteiger partial charge in [-0.05, 0) is 49.0 Å². The molecule has 1 aromatic rings. The zero-order valence-electron chi connectivity index (χ0n) is 20.4. The number of hydrogen-bond acceptors (Lipinski definition) is 8. The lowest BCUT2D eigenvalue weighted by Crippen LogP contribution is -2.57. The molecule has 2 aliphatic heterocycles. The third-order valence-corrected chi connectivity index (χ3v) is 7.57. The second-order valence-electron chi connectivity index (χ2n) is 10.0. The topological polar surface area (TPSA) is 138 Å². The Hall–Kier alpha value is -2.66. The van der Waals surface area contributed by atoms with Crippen LogP contribution in [0.4, 0.5) is 0 Å². The van der Waals surface area contributed by atoms with E-state index in [1.54, 1.807) is 23.1 Å². The van der Waals surface area contributed by atoms with Crippen molar-refractivity contribution < 1.29 is 39.1 Å². The fourth-order valence-electron chi connectivity index (χ4n) is 5.52. The zero-order chi connectivity index (χ0) is 25.4. The van der Waals surface area contributed by atoms with Gasteiger partial charge in [-0.1, -0.05) is 0 Å². The molecule has 1 saturated carbocycles. The number of ether oxygens (including phenoxy) is 3. The van der Waals surface area contributed by atoms with Crippen molar-refractivity contribution in [1.29, 1.82) is 0 Å². The van der Waals surface area contributed by atoms with Crippen LogP contribution in [0.15, 0.2) is 23.8 Å². The summed E-state index contributed by atoms with van der Waals surface area (Å²) in [5.41, 5.74) is 1.58. The van der Waals surface area contributed by atoms with Crippen LogP contribution in [0.25, 0.3) is 0 Å². The molecule has 2 amide bonds. The van der Waals surface area contributed by atoms with Gasteiger partial charge in [0.25, 0.3) is 0 Å². The molecule has 5 rings (SSSR count). The van der Waals surface area contributed by atoms with Gasteiger partial charge in [-0.15, -0.1) is 0 Å². The highest BCUT2D eigenvalue weighted by Gasteiger charge is 2.52. The maximum Gasteiger partial charge on any atom is 0.247 e. The Morgan fingerprint density at radius 2 is 2.03 bits per heavy atom. The van der Waals surface area contributed by atoms with E-state index < -0.39 is 30.1 Å². The lowest BCUT2D eigenvalue weighted by molar-refractivity contribution is -0.141. The smallest absolute Gasteiger partial charge is 0.247 e. The summed E-state index contributed by atoms with van der Waals surface area (Å²) in [6, 6.07) is 2.66. The molecule has 0 radical (unpaired) electrons. The Balaban J connectivity index is 1.56. The molecule has 4 N–H and O–H groups in total. The van der Waals surface area contributed by atoms with Crippen LogP contribution in [0.2, 0.25) is 0 Å². The minimum atomic E-state index is -1.09. The van der Waals surface area contributed by atoms with E-state index in [4.69, 9.17) is 14.2 Å². The third-order valence-electron chi connectivity index (χ3n) is 7.57. The van der Waals surface area contributed by atoms with Gasteiger partial charge in [0.2, 0.25) is 11.8 Å². The normalized spacial score (nSPS) is 28.6. The van der Waals surface area contributed by atoms with Gasteiger partial charge in [0.05, 0.1) is 44.8 Å². The SMILES string of the molecule is COc1cc(CO)cc2c1O[C@@H]1[C@@H](O)[C@H](N(CC3CC3)C(=O)C3CCOC3)C=C(C(=O)NCCO)[C@H]21. The van der Waals surface area contributed by atoms with Crippen LogP contribution >= 0.6 is 0 Å². The van der Waals surface area contributed by atoms with Crippen molar-refractivity contribution in [1.82, 2.24) is 10.2 Å². The maximum atomic E-state index is 13.6. The van der Waals surface area contributed by atoms with Crippen LogP contribution in [0.3, 0.4) is 0 Å². The molecule has 0 aromatic heterocycles. The molecule has 1 unspecified atom stereocenters. The molecule has 0 bridgehead atoms. The number of nitrogens with one attached hydrogen (secondary N) is 1. The third kappa shape index (κ3) is 4.58. The molecule has 2 heterocycles. The second-order valence-corrected chi connectivity index (χ2v) is 10.0. The minimum absolute atomic E-state index is 0.0681. The minimum Gasteiger partial charge on any atom is -0.493 e. The van der Waals surface area contributed by atoms with Gasteiger partial charge in [-0.3, -0.25) is 9.59 Å². The van der Waals surface area contributed by atoms with Crippen molar-refractivity contribution in [2.75, 3.05) is 40.0 Å². The molecule has 0 spiro atoms.